The zero-order chi connectivity index (χ0) is 12.6. The quantitative estimate of drug-likeness (QED) is 0.817. The molecule has 1 saturated carbocycles. The predicted octanol–water partition coefficient (Wildman–Crippen LogP) is 2.14. The van der Waals surface area contributed by atoms with Crippen LogP contribution < -0.4 is 5.73 Å². The lowest BCUT2D eigenvalue weighted by atomic mass is 10.1. The Morgan fingerprint density at radius 2 is 2.24 bits per heavy atom. The monoisotopic (exact) mass is 236 g/mol. The molecule has 92 valence electrons. The van der Waals surface area contributed by atoms with Gasteiger partial charge in [-0.15, -0.1) is 0 Å². The fraction of sp³-hybridized carbons (Fsp3) is 0.462. The molecule has 2 atom stereocenters. The van der Waals surface area contributed by atoms with Gasteiger partial charge in [0.2, 0.25) is 0 Å². The normalized spacial score (nSPS) is 22.3. The van der Waals surface area contributed by atoms with Crippen molar-refractivity contribution in [2.45, 2.75) is 13.3 Å². The van der Waals surface area contributed by atoms with Crippen molar-refractivity contribution in [1.82, 2.24) is 4.90 Å². The number of nitrogens with two attached hydrogens (primary N) is 1. The van der Waals surface area contributed by atoms with Crippen LogP contribution in [0, 0.1) is 17.7 Å². The average molecular weight is 236 g/mol. The molecule has 0 saturated heterocycles. The van der Waals surface area contributed by atoms with Crippen LogP contribution in [0.4, 0.5) is 10.1 Å². The Labute approximate surface area is 100 Å². The van der Waals surface area contributed by atoms with E-state index in [1.807, 2.05) is 0 Å². The number of anilines is 1. The fourth-order valence-electron chi connectivity index (χ4n) is 2.01. The standard InChI is InChI=1S/C13H17FN2O/c1-8-5-9(8)7-16(2)13(17)11-6-10(14)3-4-12(11)15/h3-4,6,8-9H,5,7,15H2,1-2H3. The first-order chi connectivity index (χ1) is 7.99. The van der Waals surface area contributed by atoms with Crippen molar-refractivity contribution in [2.24, 2.45) is 11.8 Å². The maximum atomic E-state index is 13.1. The molecule has 1 aromatic carbocycles. The van der Waals surface area contributed by atoms with Crippen LogP contribution in [0.3, 0.4) is 0 Å². The number of halogens is 1. The third-order valence-corrected chi connectivity index (χ3v) is 3.38. The van der Waals surface area contributed by atoms with Crippen LogP contribution in [0.2, 0.25) is 0 Å². The maximum absolute atomic E-state index is 13.1. The van der Waals surface area contributed by atoms with Crippen LogP contribution in [0.25, 0.3) is 0 Å². The highest BCUT2D eigenvalue weighted by Gasteiger charge is 2.34. The second-order valence-corrected chi connectivity index (χ2v) is 4.89. The lowest BCUT2D eigenvalue weighted by Gasteiger charge is -2.18. The molecule has 2 N–H and O–H groups in total. The van der Waals surface area contributed by atoms with Crippen molar-refractivity contribution in [2.75, 3.05) is 19.3 Å². The molecule has 4 heteroatoms. The summed E-state index contributed by atoms with van der Waals surface area (Å²) in [4.78, 5) is 13.7. The number of hydrogen-bond donors (Lipinski definition) is 1. The van der Waals surface area contributed by atoms with Gasteiger partial charge in [-0.3, -0.25) is 4.79 Å². The zero-order valence-corrected chi connectivity index (χ0v) is 10.1. The van der Waals surface area contributed by atoms with E-state index in [-0.39, 0.29) is 11.5 Å². The highest BCUT2D eigenvalue weighted by Crippen LogP contribution is 2.38. The minimum atomic E-state index is -0.435. The smallest absolute Gasteiger partial charge is 0.255 e. The first kappa shape index (κ1) is 11.9. The molecule has 0 bridgehead atoms. The molecule has 0 spiro atoms. The zero-order valence-electron chi connectivity index (χ0n) is 10.1. The highest BCUT2D eigenvalue weighted by molar-refractivity contribution is 5.99. The molecule has 0 aliphatic heterocycles. The van der Waals surface area contributed by atoms with Gasteiger partial charge in [0.05, 0.1) is 5.56 Å². The van der Waals surface area contributed by atoms with Crippen molar-refractivity contribution >= 4 is 11.6 Å². The third kappa shape index (κ3) is 2.57. The van der Waals surface area contributed by atoms with Gasteiger partial charge in [-0.05, 0) is 36.5 Å². The lowest BCUT2D eigenvalue weighted by molar-refractivity contribution is 0.0787. The predicted molar refractivity (Wildman–Crippen MR) is 65.0 cm³/mol. The molecule has 0 aromatic heterocycles. The number of carbonyl (C=O) groups excluding carboxylic acids is 1. The molecular formula is C13H17FN2O. The van der Waals surface area contributed by atoms with E-state index in [4.69, 9.17) is 5.73 Å². The molecule has 1 amide bonds. The van der Waals surface area contributed by atoms with Crippen LogP contribution in [-0.4, -0.2) is 24.4 Å². The topological polar surface area (TPSA) is 46.3 Å². The van der Waals surface area contributed by atoms with Crippen LogP contribution in [-0.2, 0) is 0 Å². The fourth-order valence-corrected chi connectivity index (χ4v) is 2.01. The number of hydrogen-bond acceptors (Lipinski definition) is 2. The molecule has 3 nitrogen and oxygen atoms in total. The van der Waals surface area contributed by atoms with Gasteiger partial charge < -0.3 is 10.6 Å². The molecule has 0 heterocycles. The van der Waals surface area contributed by atoms with Crippen molar-refractivity contribution in [3.05, 3.63) is 29.6 Å². The van der Waals surface area contributed by atoms with Gasteiger partial charge in [0, 0.05) is 19.3 Å². The van der Waals surface area contributed by atoms with E-state index in [0.29, 0.717) is 17.5 Å². The van der Waals surface area contributed by atoms with Gasteiger partial charge in [-0.25, -0.2) is 4.39 Å². The Bertz CT molecular complexity index is 447. The van der Waals surface area contributed by atoms with Gasteiger partial charge >= 0.3 is 0 Å². The van der Waals surface area contributed by atoms with E-state index in [0.717, 1.165) is 13.0 Å². The molecule has 2 unspecified atom stereocenters. The molecular weight excluding hydrogens is 219 g/mol. The summed E-state index contributed by atoms with van der Waals surface area (Å²) < 4.78 is 13.1. The average Bonchev–Trinajstić information content (AvgIpc) is 2.96. The van der Waals surface area contributed by atoms with E-state index in [2.05, 4.69) is 6.92 Å². The first-order valence-electron chi connectivity index (χ1n) is 5.79. The summed E-state index contributed by atoms with van der Waals surface area (Å²) in [6.07, 6.45) is 1.16. The number of amides is 1. The number of carbonyl (C=O) groups is 1. The van der Waals surface area contributed by atoms with Crippen LogP contribution in [0.1, 0.15) is 23.7 Å². The van der Waals surface area contributed by atoms with E-state index >= 15 is 0 Å². The first-order valence-corrected chi connectivity index (χ1v) is 5.79. The Balaban J connectivity index is 2.10. The number of rotatable bonds is 3. The summed E-state index contributed by atoms with van der Waals surface area (Å²) >= 11 is 0. The summed E-state index contributed by atoms with van der Waals surface area (Å²) in [6, 6.07) is 3.88. The van der Waals surface area contributed by atoms with Crippen LogP contribution >= 0.6 is 0 Å². The molecule has 0 radical (unpaired) electrons. The van der Waals surface area contributed by atoms with Crippen LogP contribution in [0.5, 0.6) is 0 Å². The largest absolute Gasteiger partial charge is 0.398 e. The van der Waals surface area contributed by atoms with Crippen molar-refractivity contribution < 1.29 is 9.18 Å². The van der Waals surface area contributed by atoms with Gasteiger partial charge in [0.25, 0.3) is 5.91 Å². The minimum Gasteiger partial charge on any atom is -0.398 e. The summed E-state index contributed by atoms with van der Waals surface area (Å²) in [5.74, 6) is 0.630. The van der Waals surface area contributed by atoms with E-state index < -0.39 is 5.82 Å². The van der Waals surface area contributed by atoms with Gasteiger partial charge in [-0.2, -0.15) is 0 Å². The Kier molecular flexibility index (Phi) is 3.05. The minimum absolute atomic E-state index is 0.207. The second kappa shape index (κ2) is 4.35. The molecule has 17 heavy (non-hydrogen) atoms. The Hall–Kier alpha value is -1.58. The molecule has 1 aliphatic rings. The third-order valence-electron chi connectivity index (χ3n) is 3.38. The number of nitrogen functional groups attached to an aromatic ring is 1. The lowest BCUT2D eigenvalue weighted by Crippen LogP contribution is -2.29. The molecule has 1 aromatic rings. The van der Waals surface area contributed by atoms with Gasteiger partial charge in [0.15, 0.2) is 0 Å². The number of nitrogens with zero attached hydrogens (tertiary/aromatic N) is 1. The summed E-state index contributed by atoms with van der Waals surface area (Å²) in [6.45, 7) is 2.88. The number of benzene rings is 1. The van der Waals surface area contributed by atoms with Crippen molar-refractivity contribution in [3.63, 3.8) is 0 Å². The second-order valence-electron chi connectivity index (χ2n) is 4.89. The molecule has 1 fully saturated rings. The summed E-state index contributed by atoms with van der Waals surface area (Å²) in [5.41, 5.74) is 6.26. The maximum Gasteiger partial charge on any atom is 0.255 e. The van der Waals surface area contributed by atoms with Crippen molar-refractivity contribution in [3.8, 4) is 0 Å². The van der Waals surface area contributed by atoms with E-state index in [9.17, 15) is 9.18 Å². The summed E-state index contributed by atoms with van der Waals surface area (Å²) in [5, 5.41) is 0. The van der Waals surface area contributed by atoms with Crippen LogP contribution in [0.15, 0.2) is 18.2 Å². The van der Waals surface area contributed by atoms with Crippen molar-refractivity contribution in [1.29, 1.82) is 0 Å². The Morgan fingerprint density at radius 3 is 2.82 bits per heavy atom. The summed E-state index contributed by atoms with van der Waals surface area (Å²) in [7, 11) is 1.73. The molecule has 2 rings (SSSR count). The highest BCUT2D eigenvalue weighted by atomic mass is 19.1. The SMILES string of the molecule is CC1CC1CN(C)C(=O)c1cc(F)ccc1N. The van der Waals surface area contributed by atoms with E-state index in [1.54, 1.807) is 11.9 Å². The molecule has 1 aliphatic carbocycles. The van der Waals surface area contributed by atoms with Gasteiger partial charge in [-0.1, -0.05) is 6.92 Å². The van der Waals surface area contributed by atoms with E-state index in [1.165, 1.54) is 18.2 Å². The Morgan fingerprint density at radius 1 is 1.59 bits per heavy atom. The van der Waals surface area contributed by atoms with Gasteiger partial charge in [0.1, 0.15) is 5.82 Å².